The van der Waals surface area contributed by atoms with E-state index in [1.807, 2.05) is 59.9 Å². The average molecular weight is 837 g/mol. The minimum absolute atomic E-state index is 0.852. The lowest BCUT2D eigenvalue weighted by Crippen LogP contribution is -2.17. The number of hydrogen-bond donors (Lipinski definition) is 0. The number of benzene rings is 5. The van der Waals surface area contributed by atoms with Crippen LogP contribution >= 0.6 is 47.0 Å². The first-order chi connectivity index (χ1) is 28.8. The quantitative estimate of drug-likeness (QED) is 0.0435. The van der Waals surface area contributed by atoms with Gasteiger partial charge in [-0.1, -0.05) is 236 Å². The molecule has 5 aromatic carbocycles. The standard InChI is InChI=1S/C54H60S4/c1-3-5-7-9-11-13-15-27-41-55-53-54(56-42-28-16-14-12-10-8-6-4-2)58-52(57-53)51-48-35-25-23-33-46(48)50(47-34-24-26-36-49(47)51)45(39-37-43-29-19-17-20-30-43)40-38-44-31-21-18-22-32-44/h17-26,29-36H,3-16,27-28,41-42H2,1-2H3. The van der Waals surface area contributed by atoms with Crippen LogP contribution in [0.1, 0.15) is 128 Å². The lowest BCUT2D eigenvalue weighted by Gasteiger charge is -2.10. The maximum atomic E-state index is 3.57. The van der Waals surface area contributed by atoms with E-state index in [1.165, 1.54) is 154 Å². The van der Waals surface area contributed by atoms with Gasteiger partial charge < -0.3 is 0 Å². The van der Waals surface area contributed by atoms with E-state index in [4.69, 9.17) is 0 Å². The summed E-state index contributed by atoms with van der Waals surface area (Å²) in [5.41, 5.74) is 2.83. The van der Waals surface area contributed by atoms with Crippen LogP contribution in [0.4, 0.5) is 0 Å². The topological polar surface area (TPSA) is 0 Å². The lowest BCUT2D eigenvalue weighted by atomic mass is 9.95. The third-order valence-electron chi connectivity index (χ3n) is 10.6. The van der Waals surface area contributed by atoms with Crippen LogP contribution in [0.2, 0.25) is 0 Å². The fourth-order valence-electron chi connectivity index (χ4n) is 7.44. The summed E-state index contributed by atoms with van der Waals surface area (Å²) < 4.78 is 4.43. The molecule has 0 saturated carbocycles. The molecular weight excluding hydrogens is 777 g/mol. The Hall–Kier alpha value is -3.38. The van der Waals surface area contributed by atoms with Crippen LogP contribution < -0.4 is 10.4 Å². The first-order valence-electron chi connectivity index (χ1n) is 21.9. The van der Waals surface area contributed by atoms with Crippen molar-refractivity contribution < 1.29 is 0 Å². The maximum absolute atomic E-state index is 3.57. The largest absolute Gasteiger partial charge is 0.117 e. The van der Waals surface area contributed by atoms with Crippen LogP contribution in [0.15, 0.2) is 118 Å². The molecule has 0 fully saturated rings. The van der Waals surface area contributed by atoms with Crippen LogP contribution in [0.25, 0.3) is 31.4 Å². The summed E-state index contributed by atoms with van der Waals surface area (Å²) in [6, 6.07) is 38.5. The van der Waals surface area contributed by atoms with Crippen molar-refractivity contribution >= 4 is 78.4 Å². The van der Waals surface area contributed by atoms with Gasteiger partial charge in [0.25, 0.3) is 0 Å². The van der Waals surface area contributed by atoms with Gasteiger partial charge in [0.15, 0.2) is 0 Å². The van der Waals surface area contributed by atoms with Crippen molar-refractivity contribution in [3.63, 3.8) is 0 Å². The molecule has 1 heterocycles. The van der Waals surface area contributed by atoms with Gasteiger partial charge in [-0.15, -0.1) is 23.5 Å². The molecule has 300 valence electrons. The Balaban J connectivity index is 1.36. The van der Waals surface area contributed by atoms with Crippen molar-refractivity contribution in [2.24, 2.45) is 0 Å². The highest BCUT2D eigenvalue weighted by atomic mass is 32.3. The molecule has 0 amide bonds. The van der Waals surface area contributed by atoms with Gasteiger partial charge in [0, 0.05) is 21.6 Å². The monoisotopic (exact) mass is 836 g/mol. The molecule has 0 aromatic heterocycles. The molecule has 0 unspecified atom stereocenters. The molecule has 0 bridgehead atoms. The Labute approximate surface area is 367 Å². The van der Waals surface area contributed by atoms with E-state index in [0.29, 0.717) is 0 Å². The summed E-state index contributed by atoms with van der Waals surface area (Å²) in [4.78, 5) is 0. The van der Waals surface area contributed by atoms with Gasteiger partial charge in [-0.25, -0.2) is 0 Å². The highest BCUT2D eigenvalue weighted by Gasteiger charge is 2.24. The summed E-state index contributed by atoms with van der Waals surface area (Å²) >= 11 is 8.27. The summed E-state index contributed by atoms with van der Waals surface area (Å²) in [6.07, 6.45) is 21.8. The highest BCUT2D eigenvalue weighted by molar-refractivity contribution is 8.45. The second kappa shape index (κ2) is 25.3. The molecule has 58 heavy (non-hydrogen) atoms. The Morgan fingerprint density at radius 1 is 0.431 bits per heavy atom. The Morgan fingerprint density at radius 2 is 0.793 bits per heavy atom. The number of fused-ring (bicyclic) bond motifs is 2. The van der Waals surface area contributed by atoms with Crippen LogP contribution in [-0.4, -0.2) is 11.5 Å². The van der Waals surface area contributed by atoms with Crippen molar-refractivity contribution in [3.05, 3.63) is 139 Å². The van der Waals surface area contributed by atoms with E-state index in [1.54, 1.807) is 0 Å². The zero-order chi connectivity index (χ0) is 40.0. The Kier molecular flexibility index (Phi) is 19.3. The summed E-state index contributed by atoms with van der Waals surface area (Å²) in [7, 11) is 0. The third kappa shape index (κ3) is 13.3. The molecule has 1 aliphatic heterocycles. The smallest absolute Gasteiger partial charge is 0.0836 e. The van der Waals surface area contributed by atoms with Gasteiger partial charge in [-0.2, -0.15) is 0 Å². The van der Waals surface area contributed by atoms with Crippen molar-refractivity contribution in [3.8, 4) is 23.7 Å². The van der Waals surface area contributed by atoms with Crippen molar-refractivity contribution in [2.45, 2.75) is 117 Å². The Morgan fingerprint density at radius 3 is 1.21 bits per heavy atom. The van der Waals surface area contributed by atoms with Gasteiger partial charge >= 0.3 is 0 Å². The minimum atomic E-state index is 0.852. The molecule has 0 N–H and O–H groups in total. The van der Waals surface area contributed by atoms with E-state index in [0.717, 1.165) is 21.9 Å². The van der Waals surface area contributed by atoms with E-state index in [9.17, 15) is 0 Å². The second-order valence-electron chi connectivity index (χ2n) is 15.2. The van der Waals surface area contributed by atoms with Crippen molar-refractivity contribution in [2.75, 3.05) is 11.5 Å². The number of unbranched alkanes of at least 4 members (excludes halogenated alkanes) is 14. The zero-order valence-electron chi connectivity index (χ0n) is 34.8. The predicted molar refractivity (Wildman–Crippen MR) is 267 cm³/mol. The molecule has 0 nitrogen and oxygen atoms in total. The number of thioether (sulfide) groups is 4. The van der Waals surface area contributed by atoms with E-state index >= 15 is 0 Å². The van der Waals surface area contributed by atoms with Crippen LogP contribution in [0.5, 0.6) is 0 Å². The van der Waals surface area contributed by atoms with Crippen LogP contribution in [-0.2, 0) is 0 Å². The first-order valence-corrected chi connectivity index (χ1v) is 25.5. The molecular formula is C54H60S4. The molecule has 6 rings (SSSR count). The van der Waals surface area contributed by atoms with E-state index in [2.05, 4.69) is 134 Å². The normalized spacial score (nSPS) is 12.5. The number of hydrogen-bond acceptors (Lipinski definition) is 4. The molecule has 0 saturated heterocycles. The molecule has 0 radical (unpaired) electrons. The fourth-order valence-corrected chi connectivity index (χ4v) is 13.6. The highest BCUT2D eigenvalue weighted by Crippen LogP contribution is 2.58. The lowest BCUT2D eigenvalue weighted by molar-refractivity contribution is 0.586. The predicted octanol–water partition coefficient (Wildman–Crippen LogP) is 15.7. The third-order valence-corrected chi connectivity index (χ3v) is 16.3. The Bertz CT molecular complexity index is 2180. The van der Waals surface area contributed by atoms with Gasteiger partial charge in [0.05, 0.1) is 18.3 Å². The molecule has 0 atom stereocenters. The van der Waals surface area contributed by atoms with Crippen molar-refractivity contribution in [1.29, 1.82) is 0 Å². The molecule has 0 aliphatic carbocycles. The summed E-state index contributed by atoms with van der Waals surface area (Å²) in [5.74, 6) is 16.5. The van der Waals surface area contributed by atoms with Crippen molar-refractivity contribution in [1.82, 2.24) is 0 Å². The summed E-state index contributed by atoms with van der Waals surface area (Å²) in [5, 5.41) is 7.43. The molecule has 0 spiro atoms. The van der Waals surface area contributed by atoms with Gasteiger partial charge in [0.2, 0.25) is 0 Å². The van der Waals surface area contributed by atoms with Crippen LogP contribution in [0.3, 0.4) is 0 Å². The first kappa shape index (κ1) is 44.2. The number of rotatable bonds is 20. The second-order valence-corrected chi connectivity index (χ2v) is 20.2. The fraction of sp³-hybridized carbons (Fsp3) is 0.370. The maximum Gasteiger partial charge on any atom is 0.0836 e. The molecule has 5 aromatic rings. The summed E-state index contributed by atoms with van der Waals surface area (Å²) in [6.45, 7) is 4.61. The SMILES string of the molecule is CCCCCCCCCCSC1=C(SCCCCCCCCCC)SC(=c2c3ccccc3c(=C(C#Cc3ccccc3)C#Cc3ccccc3)c3ccccc23)S1. The van der Waals surface area contributed by atoms with E-state index < -0.39 is 0 Å². The van der Waals surface area contributed by atoms with Gasteiger partial charge in [-0.05, 0) is 70.2 Å². The van der Waals surface area contributed by atoms with E-state index in [-0.39, 0.29) is 0 Å². The van der Waals surface area contributed by atoms with Gasteiger partial charge in [-0.3, -0.25) is 0 Å². The average Bonchev–Trinajstić information content (AvgIpc) is 3.67. The molecule has 4 heteroatoms. The zero-order valence-corrected chi connectivity index (χ0v) is 38.0. The van der Waals surface area contributed by atoms with Crippen LogP contribution in [0, 0.1) is 23.7 Å². The van der Waals surface area contributed by atoms with Gasteiger partial charge in [0.1, 0.15) is 0 Å². The molecule has 1 aliphatic rings. The minimum Gasteiger partial charge on any atom is -0.117 e.